The molecule has 8 heteroatoms. The number of rotatable bonds is 8. The van der Waals surface area contributed by atoms with Gasteiger partial charge in [0.25, 0.3) is 5.91 Å². The molecule has 1 amide bonds. The summed E-state index contributed by atoms with van der Waals surface area (Å²) in [5.41, 5.74) is 2.22. The van der Waals surface area contributed by atoms with Gasteiger partial charge in [0, 0.05) is 36.1 Å². The number of esters is 1. The number of para-hydroxylation sites is 1. The Bertz CT molecular complexity index is 950. The van der Waals surface area contributed by atoms with Gasteiger partial charge in [0.15, 0.2) is 16.4 Å². The number of hydrogen-bond donors (Lipinski definition) is 1. The number of benzene rings is 1. The monoisotopic (exact) mass is 406 g/mol. The maximum Gasteiger partial charge on any atom is 0.306 e. The van der Waals surface area contributed by atoms with E-state index >= 15 is 0 Å². The summed E-state index contributed by atoms with van der Waals surface area (Å²) in [6.45, 7) is 1.86. The van der Waals surface area contributed by atoms with Crippen molar-refractivity contribution in [1.29, 1.82) is 0 Å². The molecule has 2 aromatic rings. The van der Waals surface area contributed by atoms with Crippen molar-refractivity contribution in [2.45, 2.75) is 38.6 Å². The van der Waals surface area contributed by atoms with E-state index in [1.165, 1.54) is 4.90 Å². The molecule has 0 aliphatic carbocycles. The number of aryl methyl sites for hydroxylation is 1. The van der Waals surface area contributed by atoms with Gasteiger partial charge in [0.2, 0.25) is 0 Å². The first-order valence-electron chi connectivity index (χ1n) is 9.60. The molecule has 1 fully saturated rings. The second kappa shape index (κ2) is 8.77. The van der Waals surface area contributed by atoms with Crippen LogP contribution >= 0.6 is 0 Å². The van der Waals surface area contributed by atoms with Crippen molar-refractivity contribution in [2.24, 2.45) is 0 Å². The summed E-state index contributed by atoms with van der Waals surface area (Å²) >= 11 is 0. The van der Waals surface area contributed by atoms with Gasteiger partial charge < -0.3 is 14.6 Å². The van der Waals surface area contributed by atoms with Crippen molar-refractivity contribution in [2.75, 3.05) is 24.7 Å². The second-order valence-corrected chi connectivity index (χ2v) is 9.34. The van der Waals surface area contributed by atoms with E-state index in [0.29, 0.717) is 19.4 Å². The molecule has 1 N–H and O–H groups in total. The summed E-state index contributed by atoms with van der Waals surface area (Å²) in [6, 6.07) is 7.68. The van der Waals surface area contributed by atoms with Crippen LogP contribution < -0.4 is 0 Å². The van der Waals surface area contributed by atoms with Crippen LogP contribution in [-0.4, -0.2) is 60.9 Å². The van der Waals surface area contributed by atoms with Crippen LogP contribution in [0, 0.1) is 0 Å². The van der Waals surface area contributed by atoms with E-state index in [0.717, 1.165) is 22.9 Å². The van der Waals surface area contributed by atoms with Crippen LogP contribution in [0.5, 0.6) is 0 Å². The van der Waals surface area contributed by atoms with Gasteiger partial charge in [-0.25, -0.2) is 8.42 Å². The number of likely N-dealkylation sites (N-methyl/N-ethyl adjacent to an activating group) is 1. The molecular weight excluding hydrogens is 380 g/mol. The lowest BCUT2D eigenvalue weighted by molar-refractivity contribution is -0.152. The van der Waals surface area contributed by atoms with Crippen molar-refractivity contribution < 1.29 is 22.7 Å². The summed E-state index contributed by atoms with van der Waals surface area (Å²) in [5, 5.41) is 1.15. The first-order valence-corrected chi connectivity index (χ1v) is 11.4. The van der Waals surface area contributed by atoms with Crippen molar-refractivity contribution >= 4 is 32.6 Å². The molecule has 7 nitrogen and oxygen atoms in total. The standard InChI is InChI=1S/C20H26N2O5S/c1-2-22(16-10-11-28(25,26)14-16)19(23)13-27-20(24)9-5-6-15-12-21-18-8-4-3-7-17(15)18/h3-4,7-8,12,16,21H,2,5-6,9-11,13-14H2,1H3/t16-/m0/s1. The zero-order chi connectivity index (χ0) is 20.1. The Balaban J connectivity index is 1.43. The highest BCUT2D eigenvalue weighted by Crippen LogP contribution is 2.20. The molecular formula is C20H26N2O5S. The molecule has 3 rings (SSSR count). The summed E-state index contributed by atoms with van der Waals surface area (Å²) in [4.78, 5) is 29.0. The quantitative estimate of drug-likeness (QED) is 0.677. The SMILES string of the molecule is CCN(C(=O)COC(=O)CCCc1c[nH]c2ccccc12)[C@H]1CCS(=O)(=O)C1. The maximum absolute atomic E-state index is 12.3. The Hall–Kier alpha value is -2.35. The Labute approximate surface area is 165 Å². The smallest absolute Gasteiger partial charge is 0.306 e. The van der Waals surface area contributed by atoms with Crippen molar-refractivity contribution in [1.82, 2.24) is 9.88 Å². The third-order valence-electron chi connectivity index (χ3n) is 5.17. The molecule has 1 atom stereocenters. The number of H-pyrrole nitrogens is 1. The largest absolute Gasteiger partial charge is 0.456 e. The third kappa shape index (κ3) is 4.92. The predicted octanol–water partition coefficient (Wildman–Crippen LogP) is 2.07. The summed E-state index contributed by atoms with van der Waals surface area (Å²) in [6.07, 6.45) is 4.01. The zero-order valence-electron chi connectivity index (χ0n) is 16.0. The fraction of sp³-hybridized carbons (Fsp3) is 0.500. The minimum atomic E-state index is -3.07. The minimum absolute atomic E-state index is 0.00878. The molecule has 28 heavy (non-hydrogen) atoms. The van der Waals surface area contributed by atoms with E-state index in [-0.39, 0.29) is 36.5 Å². The zero-order valence-corrected chi connectivity index (χ0v) is 16.8. The van der Waals surface area contributed by atoms with Crippen LogP contribution in [0.1, 0.15) is 31.7 Å². The van der Waals surface area contributed by atoms with Gasteiger partial charge in [-0.05, 0) is 37.8 Å². The fourth-order valence-corrected chi connectivity index (χ4v) is 5.45. The number of sulfone groups is 1. The van der Waals surface area contributed by atoms with E-state index in [1.807, 2.05) is 30.5 Å². The lowest BCUT2D eigenvalue weighted by Gasteiger charge is -2.26. The average Bonchev–Trinajstić information content (AvgIpc) is 3.24. The summed E-state index contributed by atoms with van der Waals surface area (Å²) < 4.78 is 28.4. The molecule has 0 spiro atoms. The molecule has 0 bridgehead atoms. The van der Waals surface area contributed by atoms with E-state index < -0.39 is 15.8 Å². The first kappa shape index (κ1) is 20.4. The van der Waals surface area contributed by atoms with E-state index in [2.05, 4.69) is 4.98 Å². The number of hydrogen-bond acceptors (Lipinski definition) is 5. The average molecular weight is 407 g/mol. The fourth-order valence-electron chi connectivity index (χ4n) is 3.72. The lowest BCUT2D eigenvalue weighted by atomic mass is 10.1. The molecule has 1 saturated heterocycles. The maximum atomic E-state index is 12.3. The van der Waals surface area contributed by atoms with Crippen LogP contribution in [0.15, 0.2) is 30.5 Å². The van der Waals surface area contributed by atoms with Gasteiger partial charge in [-0.15, -0.1) is 0 Å². The third-order valence-corrected chi connectivity index (χ3v) is 6.92. The highest BCUT2D eigenvalue weighted by atomic mass is 32.2. The number of carbonyl (C=O) groups excluding carboxylic acids is 2. The van der Waals surface area contributed by atoms with Crippen molar-refractivity contribution in [3.8, 4) is 0 Å². The highest BCUT2D eigenvalue weighted by molar-refractivity contribution is 7.91. The number of aromatic nitrogens is 1. The minimum Gasteiger partial charge on any atom is -0.456 e. The van der Waals surface area contributed by atoms with Crippen molar-refractivity contribution in [3.63, 3.8) is 0 Å². The number of amides is 1. The van der Waals surface area contributed by atoms with Gasteiger partial charge in [-0.1, -0.05) is 18.2 Å². The Morgan fingerprint density at radius 1 is 1.29 bits per heavy atom. The normalized spacial score (nSPS) is 18.2. The Morgan fingerprint density at radius 3 is 2.79 bits per heavy atom. The number of nitrogens with zero attached hydrogens (tertiary/aromatic N) is 1. The molecule has 0 saturated carbocycles. The molecule has 1 aromatic heterocycles. The predicted molar refractivity (Wildman–Crippen MR) is 107 cm³/mol. The molecule has 0 unspecified atom stereocenters. The molecule has 2 heterocycles. The Kier molecular flexibility index (Phi) is 6.39. The summed E-state index contributed by atoms with van der Waals surface area (Å²) in [7, 11) is -3.07. The molecule has 152 valence electrons. The van der Waals surface area contributed by atoms with Crippen LogP contribution in [0.4, 0.5) is 0 Å². The van der Waals surface area contributed by atoms with Crippen LogP contribution in [0.2, 0.25) is 0 Å². The number of aromatic amines is 1. The lowest BCUT2D eigenvalue weighted by Crippen LogP contribution is -2.43. The van der Waals surface area contributed by atoms with Gasteiger partial charge in [0.05, 0.1) is 11.5 Å². The molecule has 0 radical (unpaired) electrons. The van der Waals surface area contributed by atoms with E-state index in [4.69, 9.17) is 4.74 Å². The first-order chi connectivity index (χ1) is 13.4. The van der Waals surface area contributed by atoms with Gasteiger partial charge in [-0.3, -0.25) is 9.59 Å². The number of fused-ring (bicyclic) bond motifs is 1. The molecule has 1 aromatic carbocycles. The van der Waals surface area contributed by atoms with Crippen LogP contribution in [-0.2, 0) is 30.6 Å². The Morgan fingerprint density at radius 2 is 2.07 bits per heavy atom. The van der Waals surface area contributed by atoms with Gasteiger partial charge in [0.1, 0.15) is 0 Å². The van der Waals surface area contributed by atoms with Gasteiger partial charge >= 0.3 is 5.97 Å². The molecule has 1 aliphatic rings. The summed E-state index contributed by atoms with van der Waals surface area (Å²) in [5.74, 6) is -0.655. The van der Waals surface area contributed by atoms with E-state index in [9.17, 15) is 18.0 Å². The van der Waals surface area contributed by atoms with Gasteiger partial charge in [-0.2, -0.15) is 0 Å². The highest BCUT2D eigenvalue weighted by Gasteiger charge is 2.34. The number of ether oxygens (including phenoxy) is 1. The molecule has 1 aliphatic heterocycles. The van der Waals surface area contributed by atoms with Crippen molar-refractivity contribution in [3.05, 3.63) is 36.0 Å². The van der Waals surface area contributed by atoms with Crippen LogP contribution in [0.25, 0.3) is 10.9 Å². The van der Waals surface area contributed by atoms with E-state index in [1.54, 1.807) is 6.92 Å². The topological polar surface area (TPSA) is 96.5 Å². The van der Waals surface area contributed by atoms with Crippen LogP contribution in [0.3, 0.4) is 0 Å². The number of carbonyl (C=O) groups is 2. The number of nitrogens with one attached hydrogen (secondary N) is 1. The second-order valence-electron chi connectivity index (χ2n) is 7.11.